The molecular formula is C13H19N3O4S. The van der Waals surface area contributed by atoms with Gasteiger partial charge >= 0.3 is 0 Å². The van der Waals surface area contributed by atoms with Crippen LogP contribution in [0, 0.1) is 10.1 Å². The molecule has 1 N–H and O–H groups in total. The van der Waals surface area contributed by atoms with Gasteiger partial charge in [0.15, 0.2) is 0 Å². The molecule has 2 rings (SSSR count). The normalized spacial score (nSPS) is 19.6. The van der Waals surface area contributed by atoms with Crippen molar-refractivity contribution < 1.29 is 13.3 Å². The zero-order valence-electron chi connectivity index (χ0n) is 11.9. The van der Waals surface area contributed by atoms with Crippen LogP contribution in [-0.4, -0.2) is 55.9 Å². The predicted molar refractivity (Wildman–Crippen MR) is 81.3 cm³/mol. The average Bonchev–Trinajstić information content (AvgIpc) is 2.84. The van der Waals surface area contributed by atoms with Gasteiger partial charge < -0.3 is 10.2 Å². The van der Waals surface area contributed by atoms with Crippen molar-refractivity contribution in [2.24, 2.45) is 0 Å². The lowest BCUT2D eigenvalue weighted by Crippen LogP contribution is -2.30. The van der Waals surface area contributed by atoms with Gasteiger partial charge in [-0.1, -0.05) is 0 Å². The molecule has 21 heavy (non-hydrogen) atoms. The lowest BCUT2D eigenvalue weighted by Gasteiger charge is -2.16. The molecule has 1 aliphatic heterocycles. The third-order valence-corrected chi connectivity index (χ3v) is 4.42. The van der Waals surface area contributed by atoms with Gasteiger partial charge in [0.1, 0.15) is 9.84 Å². The Kier molecular flexibility index (Phi) is 4.79. The first-order valence-electron chi connectivity index (χ1n) is 6.74. The van der Waals surface area contributed by atoms with Gasteiger partial charge in [0.05, 0.1) is 10.7 Å². The standard InChI is InChI=1S/C13H19N3O4S/c1-21(19,20)9-8-15-7-6-12(10-15)14-11-2-4-13(5-3-11)16(17)18/h2-5,12,14H,6-10H2,1H3. The second kappa shape index (κ2) is 6.40. The Morgan fingerprint density at radius 3 is 2.62 bits per heavy atom. The number of non-ortho nitro benzene ring substituents is 1. The number of nitrogens with one attached hydrogen (secondary N) is 1. The summed E-state index contributed by atoms with van der Waals surface area (Å²) >= 11 is 0. The minimum absolute atomic E-state index is 0.0711. The molecule has 1 fully saturated rings. The van der Waals surface area contributed by atoms with E-state index in [-0.39, 0.29) is 17.5 Å². The summed E-state index contributed by atoms with van der Waals surface area (Å²) in [7, 11) is -2.93. The molecule has 0 amide bonds. The van der Waals surface area contributed by atoms with Crippen molar-refractivity contribution in [2.45, 2.75) is 12.5 Å². The molecule has 0 spiro atoms. The minimum atomic E-state index is -2.93. The monoisotopic (exact) mass is 313 g/mol. The number of nitrogens with zero attached hydrogens (tertiary/aromatic N) is 2. The number of hydrogen-bond donors (Lipinski definition) is 1. The molecule has 1 aromatic rings. The molecule has 0 aromatic heterocycles. The van der Waals surface area contributed by atoms with Gasteiger partial charge in [0, 0.05) is 49.8 Å². The van der Waals surface area contributed by atoms with Gasteiger partial charge in [-0.2, -0.15) is 0 Å². The number of nitro benzene ring substituents is 1. The fraction of sp³-hybridized carbons (Fsp3) is 0.538. The lowest BCUT2D eigenvalue weighted by atomic mass is 10.2. The first-order chi connectivity index (χ1) is 9.83. The minimum Gasteiger partial charge on any atom is -0.381 e. The molecule has 0 saturated carbocycles. The van der Waals surface area contributed by atoms with E-state index in [4.69, 9.17) is 0 Å². The van der Waals surface area contributed by atoms with Gasteiger partial charge in [0.2, 0.25) is 0 Å². The van der Waals surface area contributed by atoms with Gasteiger partial charge in [-0.15, -0.1) is 0 Å². The van der Waals surface area contributed by atoms with Gasteiger partial charge in [-0.05, 0) is 18.6 Å². The van der Waals surface area contributed by atoms with Crippen LogP contribution >= 0.6 is 0 Å². The van der Waals surface area contributed by atoms with E-state index >= 15 is 0 Å². The Morgan fingerprint density at radius 1 is 1.38 bits per heavy atom. The van der Waals surface area contributed by atoms with Crippen LogP contribution in [0.2, 0.25) is 0 Å². The summed E-state index contributed by atoms with van der Waals surface area (Å²) in [5.74, 6) is 0.178. The zero-order chi connectivity index (χ0) is 15.5. The maximum absolute atomic E-state index is 11.2. The molecular weight excluding hydrogens is 294 g/mol. The van der Waals surface area contributed by atoms with Crippen molar-refractivity contribution in [3.63, 3.8) is 0 Å². The molecule has 1 heterocycles. The van der Waals surface area contributed by atoms with Crippen LogP contribution in [0.4, 0.5) is 11.4 Å². The van der Waals surface area contributed by atoms with Crippen LogP contribution in [-0.2, 0) is 9.84 Å². The van der Waals surface area contributed by atoms with E-state index in [1.807, 2.05) is 0 Å². The van der Waals surface area contributed by atoms with Crippen molar-refractivity contribution in [3.05, 3.63) is 34.4 Å². The van der Waals surface area contributed by atoms with Crippen LogP contribution in [0.25, 0.3) is 0 Å². The SMILES string of the molecule is CS(=O)(=O)CCN1CCC(Nc2ccc([N+](=O)[O-])cc2)C1. The Labute approximate surface area is 124 Å². The molecule has 0 bridgehead atoms. The molecule has 1 aromatic carbocycles. The molecule has 116 valence electrons. The Morgan fingerprint density at radius 2 is 2.05 bits per heavy atom. The summed E-state index contributed by atoms with van der Waals surface area (Å²) < 4.78 is 22.3. The molecule has 8 heteroatoms. The van der Waals surface area contributed by atoms with E-state index in [1.165, 1.54) is 18.4 Å². The molecule has 0 radical (unpaired) electrons. The maximum atomic E-state index is 11.2. The highest BCUT2D eigenvalue weighted by molar-refractivity contribution is 7.90. The van der Waals surface area contributed by atoms with E-state index < -0.39 is 14.8 Å². The zero-order valence-corrected chi connectivity index (χ0v) is 12.7. The van der Waals surface area contributed by atoms with Crippen LogP contribution < -0.4 is 5.32 Å². The van der Waals surface area contributed by atoms with Crippen molar-refractivity contribution in [3.8, 4) is 0 Å². The third-order valence-electron chi connectivity index (χ3n) is 3.50. The summed E-state index contributed by atoms with van der Waals surface area (Å²) in [5.41, 5.74) is 0.914. The van der Waals surface area contributed by atoms with E-state index in [2.05, 4.69) is 10.2 Å². The summed E-state index contributed by atoms with van der Waals surface area (Å²) in [6.45, 7) is 2.20. The summed E-state index contributed by atoms with van der Waals surface area (Å²) in [4.78, 5) is 12.3. The Hall–Kier alpha value is -1.67. The van der Waals surface area contributed by atoms with Gasteiger partial charge in [0.25, 0.3) is 5.69 Å². The number of nitro groups is 1. The molecule has 1 unspecified atom stereocenters. The quantitative estimate of drug-likeness (QED) is 0.625. The molecule has 1 saturated heterocycles. The largest absolute Gasteiger partial charge is 0.381 e. The highest BCUT2D eigenvalue weighted by atomic mass is 32.2. The van der Waals surface area contributed by atoms with E-state index in [0.717, 1.165) is 25.2 Å². The highest BCUT2D eigenvalue weighted by Gasteiger charge is 2.23. The fourth-order valence-corrected chi connectivity index (χ4v) is 2.95. The highest BCUT2D eigenvalue weighted by Crippen LogP contribution is 2.19. The second-order valence-corrected chi connectivity index (χ2v) is 7.62. The van der Waals surface area contributed by atoms with E-state index in [1.54, 1.807) is 12.1 Å². The Bertz CT molecular complexity index is 600. The van der Waals surface area contributed by atoms with Gasteiger partial charge in [-0.25, -0.2) is 8.42 Å². The summed E-state index contributed by atoms with van der Waals surface area (Å²) in [6, 6.07) is 6.57. The summed E-state index contributed by atoms with van der Waals surface area (Å²) in [6.07, 6.45) is 2.18. The number of likely N-dealkylation sites (tertiary alicyclic amines) is 1. The van der Waals surface area contributed by atoms with Crippen LogP contribution in [0.15, 0.2) is 24.3 Å². The molecule has 1 atom stereocenters. The Balaban J connectivity index is 1.83. The predicted octanol–water partition coefficient (Wildman–Crippen LogP) is 1.13. The van der Waals surface area contributed by atoms with Crippen LogP contribution in [0.1, 0.15) is 6.42 Å². The third kappa shape index (κ3) is 4.98. The first kappa shape index (κ1) is 15.7. The van der Waals surface area contributed by atoms with Crippen LogP contribution in [0.3, 0.4) is 0 Å². The average molecular weight is 313 g/mol. The lowest BCUT2D eigenvalue weighted by molar-refractivity contribution is -0.384. The van der Waals surface area contributed by atoms with Crippen molar-refractivity contribution in [2.75, 3.05) is 37.0 Å². The molecule has 7 nitrogen and oxygen atoms in total. The van der Waals surface area contributed by atoms with E-state index in [9.17, 15) is 18.5 Å². The van der Waals surface area contributed by atoms with Crippen molar-refractivity contribution in [1.82, 2.24) is 4.90 Å². The van der Waals surface area contributed by atoms with Crippen molar-refractivity contribution >= 4 is 21.2 Å². The molecule has 0 aliphatic carbocycles. The summed E-state index contributed by atoms with van der Waals surface area (Å²) in [5, 5.41) is 13.9. The maximum Gasteiger partial charge on any atom is 0.269 e. The topological polar surface area (TPSA) is 92.6 Å². The van der Waals surface area contributed by atoms with Gasteiger partial charge in [-0.3, -0.25) is 10.1 Å². The number of hydrogen-bond acceptors (Lipinski definition) is 6. The first-order valence-corrected chi connectivity index (χ1v) is 8.80. The fourth-order valence-electron chi connectivity index (χ4n) is 2.36. The number of anilines is 1. The van der Waals surface area contributed by atoms with Crippen molar-refractivity contribution in [1.29, 1.82) is 0 Å². The number of benzene rings is 1. The van der Waals surface area contributed by atoms with E-state index in [0.29, 0.717) is 6.54 Å². The number of sulfone groups is 1. The molecule has 1 aliphatic rings. The smallest absolute Gasteiger partial charge is 0.269 e. The second-order valence-electron chi connectivity index (χ2n) is 5.36. The number of rotatable bonds is 6. The van der Waals surface area contributed by atoms with Crippen LogP contribution in [0.5, 0.6) is 0 Å².